The van der Waals surface area contributed by atoms with Crippen LogP contribution in [0.4, 0.5) is 0 Å². The second-order valence-corrected chi connectivity index (χ2v) is 3.21. The number of pyridine rings is 1. The van der Waals surface area contributed by atoms with Crippen LogP contribution in [-0.4, -0.2) is 16.2 Å². The molecule has 0 radical (unpaired) electrons. The van der Waals surface area contributed by atoms with E-state index in [1.165, 1.54) is 0 Å². The fourth-order valence-corrected chi connectivity index (χ4v) is 1.63. The van der Waals surface area contributed by atoms with Crippen molar-refractivity contribution in [3.63, 3.8) is 0 Å². The smallest absolute Gasteiger partial charge is 0.144 e. The van der Waals surface area contributed by atoms with E-state index in [4.69, 9.17) is 10.00 Å². The standard InChI is InChI=1S/C11H11N3O/c1-3-15-9-4-5-13-11-10(9)8(6-12)7-14(11)2/h4-5,7H,3H2,1-2H3. The SMILES string of the molecule is CCOc1ccnc2c1c(C#N)cn2C. The van der Waals surface area contributed by atoms with Crippen molar-refractivity contribution in [1.29, 1.82) is 5.26 Å². The zero-order chi connectivity index (χ0) is 10.8. The van der Waals surface area contributed by atoms with Gasteiger partial charge in [-0.3, -0.25) is 0 Å². The molecule has 2 rings (SSSR count). The van der Waals surface area contributed by atoms with Gasteiger partial charge in [-0.25, -0.2) is 4.98 Å². The summed E-state index contributed by atoms with van der Waals surface area (Å²) in [7, 11) is 1.87. The molecule has 0 atom stereocenters. The maximum Gasteiger partial charge on any atom is 0.144 e. The summed E-state index contributed by atoms with van der Waals surface area (Å²) in [6, 6.07) is 3.93. The third-order valence-corrected chi connectivity index (χ3v) is 2.24. The Morgan fingerprint density at radius 2 is 2.40 bits per heavy atom. The van der Waals surface area contributed by atoms with Gasteiger partial charge in [0.1, 0.15) is 17.5 Å². The summed E-state index contributed by atoms with van der Waals surface area (Å²) in [5, 5.41) is 9.79. The third-order valence-electron chi connectivity index (χ3n) is 2.24. The van der Waals surface area contributed by atoms with E-state index in [9.17, 15) is 0 Å². The Morgan fingerprint density at radius 3 is 3.07 bits per heavy atom. The fourth-order valence-electron chi connectivity index (χ4n) is 1.63. The van der Waals surface area contributed by atoms with E-state index in [2.05, 4.69) is 11.1 Å². The molecular formula is C11H11N3O. The lowest BCUT2D eigenvalue weighted by molar-refractivity contribution is 0.344. The predicted molar refractivity (Wildman–Crippen MR) is 56.6 cm³/mol. The lowest BCUT2D eigenvalue weighted by Crippen LogP contribution is -1.94. The molecule has 0 saturated carbocycles. The van der Waals surface area contributed by atoms with E-state index < -0.39 is 0 Å². The van der Waals surface area contributed by atoms with Crippen LogP contribution in [0, 0.1) is 11.3 Å². The number of nitrogens with zero attached hydrogens (tertiary/aromatic N) is 3. The molecule has 76 valence electrons. The van der Waals surface area contributed by atoms with Gasteiger partial charge in [-0.15, -0.1) is 0 Å². The van der Waals surface area contributed by atoms with Crippen LogP contribution >= 0.6 is 0 Å². The van der Waals surface area contributed by atoms with Gasteiger partial charge in [0.05, 0.1) is 17.6 Å². The molecule has 0 aliphatic carbocycles. The van der Waals surface area contributed by atoms with E-state index >= 15 is 0 Å². The zero-order valence-corrected chi connectivity index (χ0v) is 8.69. The molecular weight excluding hydrogens is 190 g/mol. The molecule has 0 fully saturated rings. The third kappa shape index (κ3) is 1.42. The van der Waals surface area contributed by atoms with Crippen molar-refractivity contribution in [2.75, 3.05) is 6.61 Å². The highest BCUT2D eigenvalue weighted by atomic mass is 16.5. The monoisotopic (exact) mass is 201 g/mol. The van der Waals surface area contributed by atoms with Crippen LogP contribution in [0.1, 0.15) is 12.5 Å². The minimum absolute atomic E-state index is 0.582. The van der Waals surface area contributed by atoms with Crippen molar-refractivity contribution in [3.05, 3.63) is 24.0 Å². The number of hydrogen-bond acceptors (Lipinski definition) is 3. The normalized spacial score (nSPS) is 10.2. The Balaban J connectivity index is 2.77. The molecule has 2 aromatic heterocycles. The molecule has 0 saturated heterocycles. The van der Waals surface area contributed by atoms with Crippen LogP contribution in [0.15, 0.2) is 18.5 Å². The van der Waals surface area contributed by atoms with Crippen LogP contribution < -0.4 is 4.74 Å². The largest absolute Gasteiger partial charge is 0.493 e. The second kappa shape index (κ2) is 3.62. The number of hydrogen-bond donors (Lipinski definition) is 0. The van der Waals surface area contributed by atoms with Gasteiger partial charge in [0.15, 0.2) is 0 Å². The fraction of sp³-hybridized carbons (Fsp3) is 0.273. The molecule has 0 unspecified atom stereocenters. The first kappa shape index (κ1) is 9.53. The van der Waals surface area contributed by atoms with Gasteiger partial charge in [0.25, 0.3) is 0 Å². The second-order valence-electron chi connectivity index (χ2n) is 3.21. The minimum atomic E-state index is 0.582. The molecule has 4 heteroatoms. The highest BCUT2D eigenvalue weighted by Crippen LogP contribution is 2.27. The molecule has 0 aliphatic rings. The molecule has 0 amide bonds. The maximum absolute atomic E-state index is 8.99. The molecule has 2 aromatic rings. The molecule has 0 bridgehead atoms. The van der Waals surface area contributed by atoms with Gasteiger partial charge >= 0.3 is 0 Å². The van der Waals surface area contributed by atoms with Crippen LogP contribution in [0.25, 0.3) is 11.0 Å². The van der Waals surface area contributed by atoms with E-state index in [1.807, 2.05) is 18.5 Å². The van der Waals surface area contributed by atoms with E-state index in [1.54, 1.807) is 18.5 Å². The first-order valence-corrected chi connectivity index (χ1v) is 4.75. The van der Waals surface area contributed by atoms with Crippen molar-refractivity contribution in [2.24, 2.45) is 7.05 Å². The molecule has 4 nitrogen and oxygen atoms in total. The number of nitriles is 1. The number of rotatable bonds is 2. The van der Waals surface area contributed by atoms with Gasteiger partial charge in [-0.05, 0) is 13.0 Å². The van der Waals surface area contributed by atoms with Crippen LogP contribution in [0.2, 0.25) is 0 Å². The Hall–Kier alpha value is -2.02. The maximum atomic E-state index is 8.99. The van der Waals surface area contributed by atoms with Gasteiger partial charge in [0, 0.05) is 19.4 Å². The molecule has 2 heterocycles. The number of aromatic nitrogens is 2. The Labute approximate surface area is 87.7 Å². The first-order chi connectivity index (χ1) is 7.27. The van der Waals surface area contributed by atoms with E-state index in [-0.39, 0.29) is 0 Å². The number of fused-ring (bicyclic) bond motifs is 1. The van der Waals surface area contributed by atoms with Crippen molar-refractivity contribution >= 4 is 11.0 Å². The highest BCUT2D eigenvalue weighted by molar-refractivity contribution is 5.89. The van der Waals surface area contributed by atoms with Crippen LogP contribution in [-0.2, 0) is 7.05 Å². The van der Waals surface area contributed by atoms with Crippen molar-refractivity contribution in [3.8, 4) is 11.8 Å². The van der Waals surface area contributed by atoms with Crippen molar-refractivity contribution < 1.29 is 4.74 Å². The summed E-state index contributed by atoms with van der Waals surface area (Å²) in [5.74, 6) is 0.722. The minimum Gasteiger partial charge on any atom is -0.493 e. The van der Waals surface area contributed by atoms with Crippen molar-refractivity contribution in [2.45, 2.75) is 6.92 Å². The number of ether oxygens (including phenoxy) is 1. The Kier molecular flexibility index (Phi) is 2.30. The summed E-state index contributed by atoms with van der Waals surface area (Å²) < 4.78 is 7.30. The highest BCUT2D eigenvalue weighted by Gasteiger charge is 2.12. The van der Waals surface area contributed by atoms with Gasteiger partial charge in [-0.2, -0.15) is 5.26 Å². The van der Waals surface area contributed by atoms with E-state index in [0.717, 1.165) is 16.8 Å². The van der Waals surface area contributed by atoms with Crippen LogP contribution in [0.3, 0.4) is 0 Å². The van der Waals surface area contributed by atoms with E-state index in [0.29, 0.717) is 12.2 Å². The molecule has 0 N–H and O–H groups in total. The predicted octanol–water partition coefficient (Wildman–Crippen LogP) is 1.84. The summed E-state index contributed by atoms with van der Waals surface area (Å²) >= 11 is 0. The molecule has 0 spiro atoms. The van der Waals surface area contributed by atoms with Crippen molar-refractivity contribution in [1.82, 2.24) is 9.55 Å². The lowest BCUT2D eigenvalue weighted by atomic mass is 10.2. The number of aryl methyl sites for hydroxylation is 1. The summed E-state index contributed by atoms with van der Waals surface area (Å²) in [6.45, 7) is 2.50. The topological polar surface area (TPSA) is 50.8 Å². The average molecular weight is 201 g/mol. The summed E-state index contributed by atoms with van der Waals surface area (Å²) in [6.07, 6.45) is 3.45. The van der Waals surface area contributed by atoms with Crippen LogP contribution in [0.5, 0.6) is 5.75 Å². The average Bonchev–Trinajstić information content (AvgIpc) is 2.58. The Morgan fingerprint density at radius 1 is 1.60 bits per heavy atom. The van der Waals surface area contributed by atoms with Gasteiger partial charge < -0.3 is 9.30 Å². The molecule has 15 heavy (non-hydrogen) atoms. The zero-order valence-electron chi connectivity index (χ0n) is 8.69. The first-order valence-electron chi connectivity index (χ1n) is 4.75. The lowest BCUT2D eigenvalue weighted by Gasteiger charge is -2.04. The quantitative estimate of drug-likeness (QED) is 0.745. The Bertz CT molecular complexity index is 536. The summed E-state index contributed by atoms with van der Waals surface area (Å²) in [4.78, 5) is 4.22. The summed E-state index contributed by atoms with van der Waals surface area (Å²) in [5.41, 5.74) is 1.38. The molecule has 0 aliphatic heterocycles. The molecule has 0 aromatic carbocycles. The van der Waals surface area contributed by atoms with Gasteiger partial charge in [-0.1, -0.05) is 0 Å². The van der Waals surface area contributed by atoms with Gasteiger partial charge in [0.2, 0.25) is 0 Å².